The van der Waals surface area contributed by atoms with Gasteiger partial charge in [0.1, 0.15) is 5.15 Å². The summed E-state index contributed by atoms with van der Waals surface area (Å²) >= 11 is 6.52. The molecule has 7 nitrogen and oxygen atoms in total. The van der Waals surface area contributed by atoms with Crippen molar-refractivity contribution in [3.05, 3.63) is 76.2 Å². The van der Waals surface area contributed by atoms with E-state index in [2.05, 4.69) is 21.5 Å². The minimum Gasteiger partial charge on any atom is -0.490 e. The van der Waals surface area contributed by atoms with Gasteiger partial charge < -0.3 is 10.1 Å². The molecule has 0 unspecified atom stereocenters. The maximum atomic E-state index is 12.5. The zero-order chi connectivity index (χ0) is 22.9. The average molecular weight is 450 g/mol. The molecule has 0 radical (unpaired) electrons. The van der Waals surface area contributed by atoms with Crippen LogP contribution in [0.15, 0.2) is 48.7 Å². The number of amides is 1. The lowest BCUT2D eigenvalue weighted by Gasteiger charge is -2.09. The van der Waals surface area contributed by atoms with Gasteiger partial charge in [0, 0.05) is 24.3 Å². The summed E-state index contributed by atoms with van der Waals surface area (Å²) in [5.41, 5.74) is 3.69. The van der Waals surface area contributed by atoms with Gasteiger partial charge >= 0.3 is 0 Å². The Morgan fingerprint density at radius 1 is 1.28 bits per heavy atom. The van der Waals surface area contributed by atoms with Crippen molar-refractivity contribution < 1.29 is 9.53 Å². The number of benzene rings is 1. The van der Waals surface area contributed by atoms with Gasteiger partial charge in [-0.15, -0.1) is 0 Å². The lowest BCUT2D eigenvalue weighted by atomic mass is 10.1. The van der Waals surface area contributed by atoms with Crippen molar-refractivity contribution in [2.24, 2.45) is 0 Å². The van der Waals surface area contributed by atoms with E-state index in [0.29, 0.717) is 48.3 Å². The van der Waals surface area contributed by atoms with Gasteiger partial charge in [-0.2, -0.15) is 10.4 Å². The largest absolute Gasteiger partial charge is 0.490 e. The molecule has 2 aromatic heterocycles. The van der Waals surface area contributed by atoms with E-state index in [9.17, 15) is 4.79 Å². The standard InChI is InChI=1S/C24H24ClN5O2/c1-17-7-9-19(10-8-17)16-30-23(25)20(18(2)29-30)11-12-22(31)28-24-21(6-5-14-27-24)32-15-4-3-13-26/h5-12,14H,3-4,15-16H2,1-2H3,(H,27,28,31). The summed E-state index contributed by atoms with van der Waals surface area (Å²) in [6, 6.07) is 13.7. The first kappa shape index (κ1) is 23.0. The SMILES string of the molecule is Cc1ccc(Cn2nc(C)c(C=CC(=O)Nc3ncccc3OCCCC#N)c2Cl)cc1. The summed E-state index contributed by atoms with van der Waals surface area (Å²) in [5.74, 6) is 0.400. The number of aryl methyl sites for hydroxylation is 2. The first-order valence-corrected chi connectivity index (χ1v) is 10.6. The zero-order valence-electron chi connectivity index (χ0n) is 18.0. The second kappa shape index (κ2) is 11.1. The smallest absolute Gasteiger partial charge is 0.249 e. The molecule has 3 rings (SSSR count). The molecule has 0 aliphatic carbocycles. The number of hydrogen-bond donors (Lipinski definition) is 1. The third kappa shape index (κ3) is 6.19. The van der Waals surface area contributed by atoms with Crippen molar-refractivity contribution in [1.82, 2.24) is 14.8 Å². The number of nitriles is 1. The minimum absolute atomic E-state index is 0.317. The van der Waals surface area contributed by atoms with E-state index in [1.807, 2.05) is 38.1 Å². The van der Waals surface area contributed by atoms with Crippen molar-refractivity contribution in [1.29, 1.82) is 5.26 Å². The fraction of sp³-hybridized carbons (Fsp3) is 0.250. The molecule has 32 heavy (non-hydrogen) atoms. The van der Waals surface area contributed by atoms with Crippen LogP contribution in [0.2, 0.25) is 5.15 Å². The second-order valence-electron chi connectivity index (χ2n) is 7.22. The number of pyridine rings is 1. The molecule has 0 fully saturated rings. The van der Waals surface area contributed by atoms with Gasteiger partial charge in [-0.3, -0.25) is 4.79 Å². The molecule has 0 spiro atoms. The molecule has 8 heteroatoms. The number of unbranched alkanes of at least 4 members (excludes halogenated alkanes) is 1. The number of halogens is 1. The predicted molar refractivity (Wildman–Crippen MR) is 124 cm³/mol. The van der Waals surface area contributed by atoms with Crippen LogP contribution in [-0.4, -0.2) is 27.3 Å². The van der Waals surface area contributed by atoms with Crippen LogP contribution in [-0.2, 0) is 11.3 Å². The first-order chi connectivity index (χ1) is 15.5. The van der Waals surface area contributed by atoms with Crippen LogP contribution in [0, 0.1) is 25.2 Å². The lowest BCUT2D eigenvalue weighted by Crippen LogP contribution is -2.11. The number of hydrogen-bond acceptors (Lipinski definition) is 5. The van der Waals surface area contributed by atoms with Crippen LogP contribution in [0.3, 0.4) is 0 Å². The van der Waals surface area contributed by atoms with Crippen LogP contribution >= 0.6 is 11.6 Å². The maximum Gasteiger partial charge on any atom is 0.249 e. The number of nitrogens with one attached hydrogen (secondary N) is 1. The third-order valence-corrected chi connectivity index (χ3v) is 5.07. The fourth-order valence-corrected chi connectivity index (χ4v) is 3.28. The van der Waals surface area contributed by atoms with Crippen molar-refractivity contribution in [2.45, 2.75) is 33.2 Å². The van der Waals surface area contributed by atoms with Crippen molar-refractivity contribution in [3.8, 4) is 11.8 Å². The molecular formula is C24H24ClN5O2. The van der Waals surface area contributed by atoms with E-state index in [4.69, 9.17) is 21.6 Å². The molecule has 0 saturated heterocycles. The quantitative estimate of drug-likeness (QED) is 0.369. The van der Waals surface area contributed by atoms with Crippen molar-refractivity contribution in [3.63, 3.8) is 0 Å². The molecule has 1 aromatic carbocycles. The molecule has 3 aromatic rings. The molecule has 164 valence electrons. The number of carbonyl (C=O) groups excluding carboxylic acids is 1. The fourth-order valence-electron chi connectivity index (χ4n) is 2.98. The normalized spacial score (nSPS) is 10.8. The number of ether oxygens (including phenoxy) is 1. The monoisotopic (exact) mass is 449 g/mol. The molecule has 0 aliphatic heterocycles. The second-order valence-corrected chi connectivity index (χ2v) is 7.57. The summed E-state index contributed by atoms with van der Waals surface area (Å²) in [5, 5.41) is 16.3. The number of anilines is 1. The van der Waals surface area contributed by atoms with E-state index in [-0.39, 0.29) is 5.91 Å². The molecule has 1 N–H and O–H groups in total. The van der Waals surface area contributed by atoms with Gasteiger partial charge in [0.2, 0.25) is 5.91 Å². The summed E-state index contributed by atoms with van der Waals surface area (Å²) in [6.45, 7) is 4.80. The molecule has 1 amide bonds. The van der Waals surface area contributed by atoms with E-state index >= 15 is 0 Å². The Bertz CT molecular complexity index is 1150. The van der Waals surface area contributed by atoms with Crippen molar-refractivity contribution >= 4 is 29.4 Å². The van der Waals surface area contributed by atoms with Crippen molar-refractivity contribution in [2.75, 3.05) is 11.9 Å². The minimum atomic E-state index is -0.368. The number of aromatic nitrogens is 3. The lowest BCUT2D eigenvalue weighted by molar-refractivity contribution is -0.111. The van der Waals surface area contributed by atoms with Gasteiger partial charge in [0.05, 0.1) is 24.9 Å². The summed E-state index contributed by atoms with van der Waals surface area (Å²) in [7, 11) is 0. The average Bonchev–Trinajstić information content (AvgIpc) is 3.04. The highest BCUT2D eigenvalue weighted by Gasteiger charge is 2.13. The van der Waals surface area contributed by atoms with E-state index in [1.165, 1.54) is 11.6 Å². The number of carbonyl (C=O) groups is 1. The Kier molecular flexibility index (Phi) is 8.01. The van der Waals surface area contributed by atoms with Gasteiger partial charge in [-0.05, 0) is 44.0 Å². The first-order valence-electron chi connectivity index (χ1n) is 10.2. The van der Waals surface area contributed by atoms with Gasteiger partial charge in [0.25, 0.3) is 0 Å². The van der Waals surface area contributed by atoms with Crippen LogP contribution in [0.1, 0.15) is 35.2 Å². The molecule has 2 heterocycles. The molecule has 0 bridgehead atoms. The highest BCUT2D eigenvalue weighted by molar-refractivity contribution is 6.31. The Labute approximate surface area is 192 Å². The Hall–Kier alpha value is -3.63. The summed E-state index contributed by atoms with van der Waals surface area (Å²) in [4.78, 5) is 16.6. The predicted octanol–water partition coefficient (Wildman–Crippen LogP) is 4.93. The van der Waals surface area contributed by atoms with Crippen LogP contribution < -0.4 is 10.1 Å². The van der Waals surface area contributed by atoms with Gasteiger partial charge in [-0.25, -0.2) is 9.67 Å². The van der Waals surface area contributed by atoms with E-state index < -0.39 is 0 Å². The van der Waals surface area contributed by atoms with E-state index in [1.54, 1.807) is 29.1 Å². The van der Waals surface area contributed by atoms with Crippen LogP contribution in [0.5, 0.6) is 5.75 Å². The van der Waals surface area contributed by atoms with Gasteiger partial charge in [0.15, 0.2) is 11.6 Å². The van der Waals surface area contributed by atoms with E-state index in [0.717, 1.165) is 11.3 Å². The number of nitrogens with zero attached hydrogens (tertiary/aromatic N) is 4. The highest BCUT2D eigenvalue weighted by atomic mass is 35.5. The molecule has 0 aliphatic rings. The molecule has 0 saturated carbocycles. The van der Waals surface area contributed by atoms with Crippen LogP contribution in [0.25, 0.3) is 6.08 Å². The Balaban J connectivity index is 1.67. The topological polar surface area (TPSA) is 92.8 Å². The van der Waals surface area contributed by atoms with Crippen LogP contribution in [0.4, 0.5) is 5.82 Å². The molecular weight excluding hydrogens is 426 g/mol. The Morgan fingerprint density at radius 2 is 2.06 bits per heavy atom. The zero-order valence-corrected chi connectivity index (χ0v) is 18.8. The summed E-state index contributed by atoms with van der Waals surface area (Å²) < 4.78 is 7.33. The Morgan fingerprint density at radius 3 is 2.81 bits per heavy atom. The van der Waals surface area contributed by atoms with Gasteiger partial charge in [-0.1, -0.05) is 41.4 Å². The third-order valence-electron chi connectivity index (χ3n) is 4.67. The highest BCUT2D eigenvalue weighted by Crippen LogP contribution is 2.24. The summed E-state index contributed by atoms with van der Waals surface area (Å²) in [6.07, 6.45) is 5.60. The number of rotatable bonds is 9. The molecule has 0 atom stereocenters. The maximum absolute atomic E-state index is 12.5.